The van der Waals surface area contributed by atoms with Crippen molar-refractivity contribution in [1.82, 2.24) is 9.47 Å². The summed E-state index contributed by atoms with van der Waals surface area (Å²) in [6, 6.07) is 17.7. The van der Waals surface area contributed by atoms with Gasteiger partial charge in [0.05, 0.1) is 17.1 Å². The molecule has 1 aromatic heterocycles. The van der Waals surface area contributed by atoms with Crippen molar-refractivity contribution in [3.05, 3.63) is 83.9 Å². The Bertz CT molecular complexity index is 1170. The minimum atomic E-state index is -0.410. The number of unbranched alkanes of at least 4 members (excludes halogenated alkanes) is 1. The summed E-state index contributed by atoms with van der Waals surface area (Å²) in [6.07, 6.45) is 5.63. The number of anilines is 1. The first-order valence-corrected chi connectivity index (χ1v) is 11.7. The molecule has 1 unspecified atom stereocenters. The number of halogens is 1. The SMILES string of the molecule is CCCCN(CC(=O)N1c2ccccc2-n2cccc2C1c1ccc(F)cc1)C(=O)C1CC1. The molecule has 0 saturated heterocycles. The van der Waals surface area contributed by atoms with Crippen LogP contribution in [-0.2, 0) is 9.59 Å². The van der Waals surface area contributed by atoms with Crippen LogP contribution in [0.25, 0.3) is 5.69 Å². The lowest BCUT2D eigenvalue weighted by Crippen LogP contribution is -2.47. The lowest BCUT2D eigenvalue weighted by atomic mass is 9.97. The zero-order valence-electron chi connectivity index (χ0n) is 18.8. The lowest BCUT2D eigenvalue weighted by Gasteiger charge is -2.39. The van der Waals surface area contributed by atoms with Crippen molar-refractivity contribution in [1.29, 1.82) is 0 Å². The number of nitrogens with zero attached hydrogens (tertiary/aromatic N) is 3. The number of rotatable bonds is 7. The average Bonchev–Trinajstić information content (AvgIpc) is 3.57. The maximum Gasteiger partial charge on any atom is 0.247 e. The van der Waals surface area contributed by atoms with Crippen LogP contribution >= 0.6 is 0 Å². The highest BCUT2D eigenvalue weighted by molar-refractivity contribution is 6.00. The molecule has 2 aromatic carbocycles. The Morgan fingerprint density at radius 1 is 1.00 bits per heavy atom. The van der Waals surface area contributed by atoms with E-state index in [4.69, 9.17) is 0 Å². The summed E-state index contributed by atoms with van der Waals surface area (Å²) in [6.45, 7) is 2.72. The average molecular weight is 446 g/mol. The molecule has 1 aliphatic carbocycles. The summed E-state index contributed by atoms with van der Waals surface area (Å²) in [5.41, 5.74) is 3.46. The number of para-hydroxylation sites is 2. The van der Waals surface area contributed by atoms with Crippen molar-refractivity contribution in [2.75, 3.05) is 18.0 Å². The van der Waals surface area contributed by atoms with Crippen molar-refractivity contribution >= 4 is 17.5 Å². The lowest BCUT2D eigenvalue weighted by molar-refractivity contribution is -0.136. The molecule has 3 aromatic rings. The van der Waals surface area contributed by atoms with E-state index in [-0.39, 0.29) is 30.1 Å². The van der Waals surface area contributed by atoms with E-state index in [1.807, 2.05) is 42.6 Å². The normalized spacial score (nSPS) is 16.8. The highest BCUT2D eigenvalue weighted by Gasteiger charge is 2.39. The van der Waals surface area contributed by atoms with Gasteiger partial charge < -0.3 is 9.47 Å². The third-order valence-electron chi connectivity index (χ3n) is 6.52. The monoisotopic (exact) mass is 445 g/mol. The van der Waals surface area contributed by atoms with E-state index in [0.29, 0.717) is 6.54 Å². The molecule has 33 heavy (non-hydrogen) atoms. The zero-order valence-corrected chi connectivity index (χ0v) is 18.8. The molecule has 0 radical (unpaired) electrons. The van der Waals surface area contributed by atoms with Crippen molar-refractivity contribution in [3.63, 3.8) is 0 Å². The van der Waals surface area contributed by atoms with Gasteiger partial charge in [0.2, 0.25) is 11.8 Å². The standard InChI is InChI=1S/C27H28FN3O2/c1-2-3-16-29(27(33)20-10-11-20)18-25(32)31-23-8-5-4-7-22(23)30-17-6-9-24(30)26(31)19-12-14-21(28)15-13-19/h4-9,12-15,17,20,26H,2-3,10-11,16,18H2,1H3. The fraction of sp³-hybridized carbons (Fsp3) is 0.333. The first kappa shape index (κ1) is 21.4. The minimum Gasteiger partial charge on any atom is -0.333 e. The Labute approximate surface area is 193 Å². The predicted molar refractivity (Wildman–Crippen MR) is 126 cm³/mol. The number of benzene rings is 2. The molecule has 170 valence electrons. The molecular formula is C27H28FN3O2. The molecule has 0 N–H and O–H groups in total. The molecular weight excluding hydrogens is 417 g/mol. The molecule has 1 saturated carbocycles. The van der Waals surface area contributed by atoms with Crippen LogP contribution in [0, 0.1) is 11.7 Å². The van der Waals surface area contributed by atoms with Gasteiger partial charge in [-0.3, -0.25) is 14.5 Å². The summed E-state index contributed by atoms with van der Waals surface area (Å²) >= 11 is 0. The number of carbonyl (C=O) groups excluding carboxylic acids is 2. The molecule has 2 heterocycles. The molecule has 1 aliphatic heterocycles. The first-order chi connectivity index (χ1) is 16.1. The molecule has 1 fully saturated rings. The zero-order chi connectivity index (χ0) is 22.9. The van der Waals surface area contributed by atoms with Crippen LogP contribution < -0.4 is 4.90 Å². The fourth-order valence-electron chi connectivity index (χ4n) is 4.67. The maximum absolute atomic E-state index is 13.9. The van der Waals surface area contributed by atoms with E-state index < -0.39 is 6.04 Å². The van der Waals surface area contributed by atoms with Gasteiger partial charge in [0.15, 0.2) is 0 Å². The van der Waals surface area contributed by atoms with E-state index in [2.05, 4.69) is 11.5 Å². The molecule has 1 atom stereocenters. The topological polar surface area (TPSA) is 45.6 Å². The molecule has 5 nitrogen and oxygen atoms in total. The number of amides is 2. The molecule has 2 aliphatic rings. The Kier molecular flexibility index (Phi) is 5.75. The van der Waals surface area contributed by atoms with Crippen molar-refractivity contribution in [2.24, 2.45) is 5.92 Å². The van der Waals surface area contributed by atoms with Gasteiger partial charge in [-0.25, -0.2) is 4.39 Å². The van der Waals surface area contributed by atoms with Crippen LogP contribution in [0.1, 0.15) is 49.9 Å². The number of hydrogen-bond acceptors (Lipinski definition) is 2. The van der Waals surface area contributed by atoms with Crippen LogP contribution in [0.15, 0.2) is 66.9 Å². The number of hydrogen-bond donors (Lipinski definition) is 0. The van der Waals surface area contributed by atoms with Gasteiger partial charge in [0.1, 0.15) is 18.4 Å². The largest absolute Gasteiger partial charge is 0.333 e. The quantitative estimate of drug-likeness (QED) is 0.508. The second-order valence-corrected chi connectivity index (χ2v) is 8.90. The van der Waals surface area contributed by atoms with Gasteiger partial charge in [-0.05, 0) is 61.2 Å². The van der Waals surface area contributed by atoms with E-state index in [1.165, 1.54) is 12.1 Å². The van der Waals surface area contributed by atoms with E-state index in [1.54, 1.807) is 21.9 Å². The van der Waals surface area contributed by atoms with E-state index in [0.717, 1.165) is 48.3 Å². The van der Waals surface area contributed by atoms with Crippen LogP contribution in [0.2, 0.25) is 0 Å². The number of fused-ring (bicyclic) bond motifs is 3. The number of aromatic nitrogens is 1. The van der Waals surface area contributed by atoms with E-state index >= 15 is 0 Å². The van der Waals surface area contributed by atoms with Gasteiger partial charge in [-0.15, -0.1) is 0 Å². The summed E-state index contributed by atoms with van der Waals surface area (Å²) < 4.78 is 15.8. The molecule has 6 heteroatoms. The smallest absolute Gasteiger partial charge is 0.247 e. The third kappa shape index (κ3) is 4.06. The Balaban J connectivity index is 1.55. The van der Waals surface area contributed by atoms with Crippen molar-refractivity contribution in [2.45, 2.75) is 38.6 Å². The van der Waals surface area contributed by atoms with Gasteiger partial charge in [0, 0.05) is 18.7 Å². The Hall–Kier alpha value is -3.41. The van der Waals surface area contributed by atoms with Crippen LogP contribution in [-0.4, -0.2) is 34.4 Å². The van der Waals surface area contributed by atoms with Crippen molar-refractivity contribution in [3.8, 4) is 5.69 Å². The molecule has 5 rings (SSSR count). The third-order valence-corrected chi connectivity index (χ3v) is 6.52. The second-order valence-electron chi connectivity index (χ2n) is 8.90. The van der Waals surface area contributed by atoms with Gasteiger partial charge in [0.25, 0.3) is 0 Å². The van der Waals surface area contributed by atoms with Crippen molar-refractivity contribution < 1.29 is 14.0 Å². The summed E-state index contributed by atoms with van der Waals surface area (Å²) in [4.78, 5) is 30.4. The minimum absolute atomic E-state index is 0.0437. The van der Waals surface area contributed by atoms with Crippen LogP contribution in [0.3, 0.4) is 0 Å². The van der Waals surface area contributed by atoms with Gasteiger partial charge >= 0.3 is 0 Å². The summed E-state index contributed by atoms with van der Waals surface area (Å²) in [5.74, 6) is -0.296. The molecule has 0 bridgehead atoms. The predicted octanol–water partition coefficient (Wildman–Crippen LogP) is 5.09. The van der Waals surface area contributed by atoms with E-state index in [9.17, 15) is 14.0 Å². The molecule has 2 amide bonds. The second kappa shape index (κ2) is 8.85. The van der Waals surface area contributed by atoms with Gasteiger partial charge in [-0.1, -0.05) is 37.6 Å². The Morgan fingerprint density at radius 3 is 2.42 bits per heavy atom. The maximum atomic E-state index is 13.9. The van der Waals surface area contributed by atoms with Crippen LogP contribution in [0.5, 0.6) is 0 Å². The fourth-order valence-corrected chi connectivity index (χ4v) is 4.67. The van der Waals surface area contributed by atoms with Crippen LogP contribution in [0.4, 0.5) is 10.1 Å². The first-order valence-electron chi connectivity index (χ1n) is 11.7. The Morgan fingerprint density at radius 2 is 1.73 bits per heavy atom. The molecule has 0 spiro atoms. The number of carbonyl (C=O) groups is 2. The summed E-state index contributed by atoms with van der Waals surface area (Å²) in [5, 5.41) is 0. The highest BCUT2D eigenvalue weighted by atomic mass is 19.1. The highest BCUT2D eigenvalue weighted by Crippen LogP contribution is 2.42. The summed E-state index contributed by atoms with van der Waals surface area (Å²) in [7, 11) is 0. The van der Waals surface area contributed by atoms with Gasteiger partial charge in [-0.2, -0.15) is 0 Å².